The molecule has 1 aliphatic rings. The molecule has 21 heavy (non-hydrogen) atoms. The Morgan fingerprint density at radius 1 is 1.38 bits per heavy atom. The molecule has 1 rings (SSSR count). The van der Waals surface area contributed by atoms with E-state index in [0.717, 1.165) is 0 Å². The van der Waals surface area contributed by atoms with Gasteiger partial charge in [-0.05, 0) is 23.7 Å². The molecule has 1 heterocycles. The molecular formula is C13H27N3O4Si. The molecule has 1 saturated heterocycles. The summed E-state index contributed by atoms with van der Waals surface area (Å²) in [5.74, 6) is -0.329. The van der Waals surface area contributed by atoms with E-state index in [1.807, 2.05) is 0 Å². The summed E-state index contributed by atoms with van der Waals surface area (Å²) in [7, 11) is -2.16. The Morgan fingerprint density at radius 2 is 1.95 bits per heavy atom. The third-order valence-corrected chi connectivity index (χ3v) is 9.08. The summed E-state index contributed by atoms with van der Waals surface area (Å²) in [5, 5.41) is 23.3. The van der Waals surface area contributed by atoms with E-state index in [4.69, 9.17) is 14.7 Å². The number of rotatable bonds is 4. The van der Waals surface area contributed by atoms with E-state index in [1.54, 1.807) is 6.92 Å². The standard InChI is InChI=1S/C13H27N3O4Si/c1-8-9(7-17)19-12(10(11(8)18)15-16-14)20-21(5,6)13(2,3)4/h8-12,17-18H,7H2,1-6H3/t8-,9?,10+,11?,12?/m1/s1. The maximum atomic E-state index is 10.3. The van der Waals surface area contributed by atoms with Crippen molar-refractivity contribution in [2.75, 3.05) is 6.61 Å². The molecule has 1 fully saturated rings. The van der Waals surface area contributed by atoms with Crippen molar-refractivity contribution in [2.24, 2.45) is 11.0 Å². The fourth-order valence-electron chi connectivity index (χ4n) is 2.02. The van der Waals surface area contributed by atoms with E-state index in [9.17, 15) is 10.2 Å². The Balaban J connectivity index is 3.03. The van der Waals surface area contributed by atoms with Gasteiger partial charge in [0.05, 0.1) is 18.8 Å². The topological polar surface area (TPSA) is 108 Å². The lowest BCUT2D eigenvalue weighted by molar-refractivity contribution is -0.222. The van der Waals surface area contributed by atoms with Crippen molar-refractivity contribution in [1.29, 1.82) is 0 Å². The molecule has 2 N–H and O–H groups in total. The van der Waals surface area contributed by atoms with Crippen LogP contribution in [-0.4, -0.2) is 49.7 Å². The van der Waals surface area contributed by atoms with Crippen LogP contribution in [0.4, 0.5) is 0 Å². The van der Waals surface area contributed by atoms with Gasteiger partial charge in [0.25, 0.3) is 0 Å². The zero-order valence-corrected chi connectivity index (χ0v) is 14.6. The first kappa shape index (κ1) is 18.4. The van der Waals surface area contributed by atoms with Crippen molar-refractivity contribution in [3.8, 4) is 0 Å². The molecule has 0 saturated carbocycles. The molecular weight excluding hydrogens is 290 g/mol. The lowest BCUT2D eigenvalue weighted by Gasteiger charge is -2.46. The van der Waals surface area contributed by atoms with Gasteiger partial charge >= 0.3 is 0 Å². The number of hydrogen-bond acceptors (Lipinski definition) is 5. The second-order valence-electron chi connectivity index (χ2n) is 7.15. The van der Waals surface area contributed by atoms with Crippen LogP contribution in [0.3, 0.4) is 0 Å². The number of aliphatic hydroxyl groups excluding tert-OH is 2. The van der Waals surface area contributed by atoms with Gasteiger partial charge in [-0.3, -0.25) is 0 Å². The molecule has 0 aromatic heterocycles. The normalized spacial score (nSPS) is 34.4. The van der Waals surface area contributed by atoms with Crippen LogP contribution >= 0.6 is 0 Å². The van der Waals surface area contributed by atoms with Gasteiger partial charge in [0.1, 0.15) is 6.04 Å². The first-order chi connectivity index (χ1) is 9.55. The van der Waals surface area contributed by atoms with Gasteiger partial charge in [0.15, 0.2) is 14.6 Å². The Morgan fingerprint density at radius 3 is 2.38 bits per heavy atom. The molecule has 8 heteroatoms. The van der Waals surface area contributed by atoms with E-state index >= 15 is 0 Å². The predicted molar refractivity (Wildman–Crippen MR) is 82.1 cm³/mol. The van der Waals surface area contributed by atoms with Crippen molar-refractivity contribution in [1.82, 2.24) is 0 Å². The molecule has 122 valence electrons. The van der Waals surface area contributed by atoms with Crippen LogP contribution < -0.4 is 0 Å². The minimum absolute atomic E-state index is 0.0417. The Hall–Kier alpha value is -0.633. The molecule has 0 aromatic rings. The zero-order chi connectivity index (χ0) is 16.4. The maximum absolute atomic E-state index is 10.3. The largest absolute Gasteiger partial charge is 0.394 e. The van der Waals surface area contributed by atoms with Gasteiger partial charge < -0.3 is 19.4 Å². The van der Waals surface area contributed by atoms with Gasteiger partial charge in [-0.1, -0.05) is 32.8 Å². The number of aliphatic hydroxyl groups is 2. The second kappa shape index (κ2) is 6.64. The SMILES string of the molecule is C[C@@H]1C(CO)OC(O[Si](C)(C)C(C)(C)C)[C@@H](N=[N+]=[N-])C1O. The van der Waals surface area contributed by atoms with Crippen molar-refractivity contribution >= 4 is 8.32 Å². The highest BCUT2D eigenvalue weighted by Crippen LogP contribution is 2.40. The molecule has 0 bridgehead atoms. The van der Waals surface area contributed by atoms with Crippen LogP contribution in [0.5, 0.6) is 0 Å². The van der Waals surface area contributed by atoms with Crippen LogP contribution in [0.2, 0.25) is 18.1 Å². The van der Waals surface area contributed by atoms with Crippen LogP contribution in [-0.2, 0) is 9.16 Å². The van der Waals surface area contributed by atoms with Gasteiger partial charge in [-0.15, -0.1) is 0 Å². The summed E-state index contributed by atoms with van der Waals surface area (Å²) < 4.78 is 11.9. The van der Waals surface area contributed by atoms with Crippen LogP contribution in [0.25, 0.3) is 10.4 Å². The van der Waals surface area contributed by atoms with Crippen LogP contribution in [0, 0.1) is 5.92 Å². The van der Waals surface area contributed by atoms with Gasteiger partial charge in [-0.25, -0.2) is 0 Å². The monoisotopic (exact) mass is 317 g/mol. The third kappa shape index (κ3) is 3.97. The first-order valence-electron chi connectivity index (χ1n) is 7.21. The second-order valence-corrected chi connectivity index (χ2v) is 11.9. The molecule has 0 amide bonds. The van der Waals surface area contributed by atoms with Gasteiger partial charge in [0, 0.05) is 10.8 Å². The molecule has 0 radical (unpaired) electrons. The number of nitrogens with zero attached hydrogens (tertiary/aromatic N) is 3. The minimum atomic E-state index is -2.16. The minimum Gasteiger partial charge on any atom is -0.394 e. The van der Waals surface area contributed by atoms with E-state index in [-0.39, 0.29) is 17.6 Å². The summed E-state index contributed by atoms with van der Waals surface area (Å²) in [6.07, 6.45) is -2.26. The molecule has 7 nitrogen and oxygen atoms in total. The Bertz CT molecular complexity index is 407. The highest BCUT2D eigenvalue weighted by molar-refractivity contribution is 6.74. The predicted octanol–water partition coefficient (Wildman–Crippen LogP) is 2.40. The summed E-state index contributed by atoms with van der Waals surface area (Å²) in [6, 6.07) is -0.804. The molecule has 5 atom stereocenters. The molecule has 0 aliphatic carbocycles. The lowest BCUT2D eigenvalue weighted by atomic mass is 9.90. The van der Waals surface area contributed by atoms with E-state index in [1.165, 1.54) is 0 Å². The molecule has 0 spiro atoms. The summed E-state index contributed by atoms with van der Waals surface area (Å²) in [6.45, 7) is 11.9. The van der Waals surface area contributed by atoms with Crippen molar-refractivity contribution in [2.45, 2.75) is 70.4 Å². The average molecular weight is 317 g/mol. The van der Waals surface area contributed by atoms with Crippen LogP contribution in [0.15, 0.2) is 5.11 Å². The van der Waals surface area contributed by atoms with E-state index in [2.05, 4.69) is 43.9 Å². The first-order valence-corrected chi connectivity index (χ1v) is 10.1. The number of ether oxygens (including phenoxy) is 1. The fraction of sp³-hybridized carbons (Fsp3) is 1.00. The van der Waals surface area contributed by atoms with Gasteiger partial charge in [-0.2, -0.15) is 0 Å². The Labute approximate surface area is 127 Å². The highest BCUT2D eigenvalue weighted by Gasteiger charge is 2.47. The van der Waals surface area contributed by atoms with Crippen molar-refractivity contribution < 1.29 is 19.4 Å². The summed E-state index contributed by atoms with van der Waals surface area (Å²) >= 11 is 0. The number of azide groups is 1. The third-order valence-electron chi connectivity index (χ3n) is 4.64. The molecule has 3 unspecified atom stereocenters. The van der Waals surface area contributed by atoms with Crippen LogP contribution in [0.1, 0.15) is 27.7 Å². The molecule has 0 aromatic carbocycles. The number of hydrogen-bond donors (Lipinski definition) is 2. The van der Waals surface area contributed by atoms with Crippen molar-refractivity contribution in [3.63, 3.8) is 0 Å². The molecule has 1 aliphatic heterocycles. The van der Waals surface area contributed by atoms with E-state index < -0.39 is 32.9 Å². The van der Waals surface area contributed by atoms with Crippen molar-refractivity contribution in [3.05, 3.63) is 10.4 Å². The highest BCUT2D eigenvalue weighted by atomic mass is 28.4. The zero-order valence-electron chi connectivity index (χ0n) is 13.6. The smallest absolute Gasteiger partial charge is 0.195 e. The maximum Gasteiger partial charge on any atom is 0.195 e. The average Bonchev–Trinajstić information content (AvgIpc) is 2.36. The summed E-state index contributed by atoms with van der Waals surface area (Å²) in [5.41, 5.74) is 8.72. The van der Waals surface area contributed by atoms with E-state index in [0.29, 0.717) is 0 Å². The van der Waals surface area contributed by atoms with Gasteiger partial charge in [0.2, 0.25) is 0 Å². The summed E-state index contributed by atoms with van der Waals surface area (Å²) in [4.78, 5) is 2.80. The fourth-order valence-corrected chi connectivity index (χ4v) is 3.15. The Kier molecular flexibility index (Phi) is 5.82. The quantitative estimate of drug-likeness (QED) is 0.359. The lowest BCUT2D eigenvalue weighted by Crippen LogP contribution is -2.58.